The van der Waals surface area contributed by atoms with Crippen LogP contribution in [-0.2, 0) is 6.42 Å². The fourth-order valence-electron chi connectivity index (χ4n) is 1.82. The van der Waals surface area contributed by atoms with Gasteiger partial charge in [0.15, 0.2) is 0 Å². The maximum absolute atomic E-state index is 3.61. The van der Waals surface area contributed by atoms with Gasteiger partial charge in [-0.3, -0.25) is 0 Å². The zero-order valence-corrected chi connectivity index (χ0v) is 9.84. The van der Waals surface area contributed by atoms with Crippen molar-refractivity contribution in [3.05, 3.63) is 46.4 Å². The van der Waals surface area contributed by atoms with E-state index < -0.39 is 0 Å². The topological polar surface area (TPSA) is 0 Å². The zero-order chi connectivity index (χ0) is 9.97. The van der Waals surface area contributed by atoms with Crippen LogP contribution in [0.25, 0.3) is 11.1 Å². The molecule has 0 saturated heterocycles. The molecule has 72 valence electrons. The number of hydrogen-bond acceptors (Lipinski definition) is 0. The standard InChI is InChI=1S/C13H13Br/c1-2-6-10-9-13(14)12-8-5-3-4-7-11(10)12/h3-5,7-9H,2,6H2,1H3. The third kappa shape index (κ3) is 1.69. The van der Waals surface area contributed by atoms with Crippen molar-refractivity contribution >= 4 is 15.9 Å². The number of rotatable bonds is 2. The van der Waals surface area contributed by atoms with Gasteiger partial charge in [-0.05, 0) is 29.2 Å². The van der Waals surface area contributed by atoms with Gasteiger partial charge in [-0.25, -0.2) is 0 Å². The molecule has 0 fully saturated rings. The first-order chi connectivity index (χ1) is 6.83. The van der Waals surface area contributed by atoms with Crippen LogP contribution in [0.4, 0.5) is 0 Å². The molecule has 14 heavy (non-hydrogen) atoms. The molecular formula is C13H13Br. The fourth-order valence-corrected chi connectivity index (χ4v) is 2.44. The molecule has 0 aromatic heterocycles. The van der Waals surface area contributed by atoms with E-state index in [4.69, 9.17) is 0 Å². The number of halogens is 1. The first kappa shape index (κ1) is 9.72. The molecule has 0 aromatic carbocycles. The Balaban J connectivity index is 2.58. The first-order valence-electron chi connectivity index (χ1n) is 4.99. The van der Waals surface area contributed by atoms with E-state index in [1.807, 2.05) is 0 Å². The Morgan fingerprint density at radius 2 is 1.79 bits per heavy atom. The lowest BCUT2D eigenvalue weighted by molar-refractivity contribution is 0.927. The van der Waals surface area contributed by atoms with Gasteiger partial charge in [0.1, 0.15) is 0 Å². The van der Waals surface area contributed by atoms with Crippen molar-refractivity contribution in [2.24, 2.45) is 0 Å². The molecule has 1 heteroatoms. The second-order valence-corrected chi connectivity index (χ2v) is 4.36. The number of hydrogen-bond donors (Lipinski definition) is 0. The van der Waals surface area contributed by atoms with Crippen molar-refractivity contribution in [1.29, 1.82) is 0 Å². The highest BCUT2D eigenvalue weighted by Gasteiger charge is 2.11. The lowest BCUT2D eigenvalue weighted by Gasteiger charge is -1.98. The van der Waals surface area contributed by atoms with Crippen LogP contribution in [0.2, 0.25) is 0 Å². The van der Waals surface area contributed by atoms with Crippen LogP contribution in [0, 0.1) is 0 Å². The molecule has 2 aliphatic carbocycles. The minimum Gasteiger partial charge on any atom is -0.0651 e. The summed E-state index contributed by atoms with van der Waals surface area (Å²) < 4.78 is 1.21. The molecule has 0 spiro atoms. The summed E-state index contributed by atoms with van der Waals surface area (Å²) in [6.07, 6.45) is 2.36. The molecule has 0 amide bonds. The quantitative estimate of drug-likeness (QED) is 0.734. The average molecular weight is 249 g/mol. The molecule has 0 unspecified atom stereocenters. The summed E-state index contributed by atoms with van der Waals surface area (Å²) in [5, 5.41) is 0. The van der Waals surface area contributed by atoms with Crippen molar-refractivity contribution in [2.45, 2.75) is 19.8 Å². The molecule has 0 radical (unpaired) electrons. The molecule has 0 aliphatic heterocycles. The summed E-state index contributed by atoms with van der Waals surface area (Å²) in [4.78, 5) is 0. The van der Waals surface area contributed by atoms with Gasteiger partial charge in [0.05, 0.1) is 0 Å². The molecule has 2 rings (SSSR count). The van der Waals surface area contributed by atoms with Crippen LogP contribution in [0.1, 0.15) is 18.9 Å². The SMILES string of the molecule is CCCc1cc(Br)c2cccccc1-2. The number of fused-ring (bicyclic) bond motifs is 1. The van der Waals surface area contributed by atoms with Gasteiger partial charge in [-0.2, -0.15) is 0 Å². The van der Waals surface area contributed by atoms with E-state index in [2.05, 4.69) is 59.3 Å². The van der Waals surface area contributed by atoms with Crippen molar-refractivity contribution in [3.63, 3.8) is 0 Å². The summed E-state index contributed by atoms with van der Waals surface area (Å²) in [6.45, 7) is 2.22. The van der Waals surface area contributed by atoms with Gasteiger partial charge in [0, 0.05) is 4.47 Å². The van der Waals surface area contributed by atoms with Gasteiger partial charge < -0.3 is 0 Å². The molecular weight excluding hydrogens is 236 g/mol. The maximum Gasteiger partial charge on any atom is 0.0256 e. The van der Waals surface area contributed by atoms with Gasteiger partial charge in [0.2, 0.25) is 0 Å². The Morgan fingerprint density at radius 3 is 2.50 bits per heavy atom. The highest BCUT2D eigenvalue weighted by Crippen LogP contribution is 2.35. The van der Waals surface area contributed by atoms with Crippen LogP contribution in [0.15, 0.2) is 40.9 Å². The normalized spacial score (nSPS) is 10.7. The van der Waals surface area contributed by atoms with Crippen LogP contribution < -0.4 is 0 Å². The second-order valence-electron chi connectivity index (χ2n) is 3.51. The summed E-state index contributed by atoms with van der Waals surface area (Å²) in [6, 6.07) is 12.9. The van der Waals surface area contributed by atoms with E-state index in [0.29, 0.717) is 0 Å². The molecule has 0 bridgehead atoms. The molecule has 0 heterocycles. The largest absolute Gasteiger partial charge is 0.0651 e. The van der Waals surface area contributed by atoms with E-state index in [0.717, 1.165) is 6.42 Å². The monoisotopic (exact) mass is 248 g/mol. The minimum absolute atomic E-state index is 1.16. The minimum atomic E-state index is 1.16. The predicted octanol–water partition coefficient (Wildman–Crippen LogP) is 4.51. The van der Waals surface area contributed by atoms with Crippen molar-refractivity contribution in [2.75, 3.05) is 0 Å². The van der Waals surface area contributed by atoms with Crippen LogP contribution in [0.3, 0.4) is 0 Å². The van der Waals surface area contributed by atoms with Crippen LogP contribution in [0.5, 0.6) is 0 Å². The number of aryl methyl sites for hydroxylation is 1. The molecule has 0 nitrogen and oxygen atoms in total. The predicted molar refractivity (Wildman–Crippen MR) is 64.8 cm³/mol. The zero-order valence-electron chi connectivity index (χ0n) is 8.26. The van der Waals surface area contributed by atoms with Crippen LogP contribution in [-0.4, -0.2) is 0 Å². The van der Waals surface area contributed by atoms with Gasteiger partial charge in [0.25, 0.3) is 0 Å². The molecule has 0 aromatic rings. The van der Waals surface area contributed by atoms with Gasteiger partial charge in [-0.1, -0.05) is 59.6 Å². The summed E-state index contributed by atoms with van der Waals surface area (Å²) in [5.74, 6) is 0. The molecule has 0 atom stereocenters. The smallest absolute Gasteiger partial charge is 0.0256 e. The third-order valence-electron chi connectivity index (χ3n) is 2.46. The third-order valence-corrected chi connectivity index (χ3v) is 3.12. The van der Waals surface area contributed by atoms with E-state index in [1.165, 1.54) is 27.6 Å². The van der Waals surface area contributed by atoms with Crippen molar-refractivity contribution in [3.8, 4) is 11.1 Å². The Hall–Kier alpha value is -0.820. The Kier molecular flexibility index (Phi) is 2.87. The highest BCUT2D eigenvalue weighted by atomic mass is 79.9. The first-order valence-corrected chi connectivity index (χ1v) is 5.78. The summed E-state index contributed by atoms with van der Waals surface area (Å²) in [7, 11) is 0. The summed E-state index contributed by atoms with van der Waals surface area (Å²) >= 11 is 3.61. The average Bonchev–Trinajstić information content (AvgIpc) is 2.41. The molecule has 2 aliphatic rings. The Labute approximate surface area is 93.4 Å². The van der Waals surface area contributed by atoms with Gasteiger partial charge in [-0.15, -0.1) is 0 Å². The lowest BCUT2D eigenvalue weighted by Crippen LogP contribution is -1.80. The summed E-state index contributed by atoms with van der Waals surface area (Å²) in [5.41, 5.74) is 4.15. The molecule has 0 saturated carbocycles. The van der Waals surface area contributed by atoms with E-state index in [-0.39, 0.29) is 0 Å². The van der Waals surface area contributed by atoms with E-state index in [1.54, 1.807) is 0 Å². The fraction of sp³-hybridized carbons (Fsp3) is 0.231. The Morgan fingerprint density at radius 1 is 1.07 bits per heavy atom. The second kappa shape index (κ2) is 4.14. The van der Waals surface area contributed by atoms with E-state index in [9.17, 15) is 0 Å². The highest BCUT2D eigenvalue weighted by molar-refractivity contribution is 9.10. The lowest BCUT2D eigenvalue weighted by atomic mass is 10.1. The maximum atomic E-state index is 3.61. The van der Waals surface area contributed by atoms with E-state index >= 15 is 0 Å². The van der Waals surface area contributed by atoms with Gasteiger partial charge >= 0.3 is 0 Å². The molecule has 0 N–H and O–H groups in total. The van der Waals surface area contributed by atoms with Crippen LogP contribution >= 0.6 is 15.9 Å². The Bertz CT molecular complexity index is 406. The van der Waals surface area contributed by atoms with Crippen molar-refractivity contribution < 1.29 is 0 Å². The van der Waals surface area contributed by atoms with Crippen molar-refractivity contribution in [1.82, 2.24) is 0 Å².